The minimum Gasteiger partial charge on any atom is -0.355 e. The molecule has 16 nitrogen and oxygen atoms in total. The van der Waals surface area contributed by atoms with E-state index < -0.39 is 17.7 Å². The van der Waals surface area contributed by atoms with Gasteiger partial charge in [-0.2, -0.15) is 10.2 Å². The lowest BCUT2D eigenvalue weighted by Gasteiger charge is -2.35. The number of amides is 6. The van der Waals surface area contributed by atoms with Gasteiger partial charge in [-0.05, 0) is 97.3 Å². The van der Waals surface area contributed by atoms with Crippen molar-refractivity contribution in [2.24, 2.45) is 28.0 Å². The first-order valence-corrected chi connectivity index (χ1v) is 20.5. The van der Waals surface area contributed by atoms with Crippen LogP contribution in [-0.2, 0) is 24.0 Å². The Bertz CT molecular complexity index is 1280. The number of fused-ring (bicyclic) bond motifs is 1. The van der Waals surface area contributed by atoms with Crippen LogP contribution in [0.25, 0.3) is 0 Å². The number of hydrogen-bond donors (Lipinski definition) is 6. The van der Waals surface area contributed by atoms with Crippen LogP contribution in [0.2, 0.25) is 0 Å². The van der Waals surface area contributed by atoms with E-state index in [0.29, 0.717) is 70.9 Å². The maximum absolute atomic E-state index is 13.6. The normalized spacial score (nSPS) is 28.8. The molecule has 6 amide bonds. The smallest absolute Gasteiger partial charge is 0.315 e. The molecule has 0 bridgehead atoms. The van der Waals surface area contributed by atoms with Gasteiger partial charge < -0.3 is 41.7 Å². The van der Waals surface area contributed by atoms with Gasteiger partial charge in [-0.25, -0.2) is 4.79 Å². The van der Waals surface area contributed by atoms with Crippen LogP contribution in [0.1, 0.15) is 98.8 Å². The molecule has 1 heterocycles. The third-order valence-electron chi connectivity index (χ3n) is 11.9. The SMILES string of the molecule is CCN(CC)CCNC(=O)C1CC(NC(=O)C2CCC(N=NC(C(C)=O)C(=O)NC3CCC4NC(=O)NC4C3)CC2)CC(C(=O)NCCN(CC)CC)C1. The summed E-state index contributed by atoms with van der Waals surface area (Å²) in [4.78, 5) is 81.9. The molecule has 0 aromatic carbocycles. The molecule has 1 saturated heterocycles. The summed E-state index contributed by atoms with van der Waals surface area (Å²) in [6, 6.07) is -2.11. The lowest BCUT2D eigenvalue weighted by atomic mass is 9.77. The average Bonchev–Trinajstić information content (AvgIpc) is 3.54. The third-order valence-corrected chi connectivity index (χ3v) is 11.9. The molecule has 16 heteroatoms. The van der Waals surface area contributed by atoms with E-state index in [2.05, 4.69) is 79.6 Å². The number of nitrogens with one attached hydrogen (secondary N) is 6. The van der Waals surface area contributed by atoms with E-state index in [1.165, 1.54) is 6.92 Å². The van der Waals surface area contributed by atoms with Gasteiger partial charge >= 0.3 is 6.03 Å². The van der Waals surface area contributed by atoms with Gasteiger partial charge in [0.2, 0.25) is 23.8 Å². The van der Waals surface area contributed by atoms with E-state index in [1.807, 2.05) is 0 Å². The summed E-state index contributed by atoms with van der Waals surface area (Å²) >= 11 is 0. The van der Waals surface area contributed by atoms with Crippen molar-refractivity contribution in [3.05, 3.63) is 0 Å². The van der Waals surface area contributed by atoms with E-state index in [-0.39, 0.29) is 71.7 Å². The van der Waals surface area contributed by atoms with Crippen LogP contribution in [0.3, 0.4) is 0 Å². The van der Waals surface area contributed by atoms with Crippen molar-refractivity contribution in [1.82, 2.24) is 41.7 Å². The number of carbonyl (C=O) groups excluding carboxylic acids is 6. The Morgan fingerprint density at radius 3 is 1.76 bits per heavy atom. The fourth-order valence-corrected chi connectivity index (χ4v) is 8.45. The summed E-state index contributed by atoms with van der Waals surface area (Å²) < 4.78 is 0. The van der Waals surface area contributed by atoms with E-state index in [9.17, 15) is 28.8 Å². The Balaban J connectivity index is 1.28. The van der Waals surface area contributed by atoms with Gasteiger partial charge in [0.15, 0.2) is 5.78 Å². The molecule has 4 fully saturated rings. The summed E-state index contributed by atoms with van der Waals surface area (Å²) in [6.45, 7) is 15.9. The number of carbonyl (C=O) groups is 6. The first-order valence-electron chi connectivity index (χ1n) is 20.5. The molecule has 54 heavy (non-hydrogen) atoms. The molecular formula is C38H66N10O6. The second kappa shape index (κ2) is 21.4. The monoisotopic (exact) mass is 759 g/mol. The van der Waals surface area contributed by atoms with E-state index in [0.717, 1.165) is 45.7 Å². The molecule has 1 aliphatic heterocycles. The molecule has 6 atom stereocenters. The van der Waals surface area contributed by atoms with Crippen molar-refractivity contribution in [3.8, 4) is 0 Å². The second-order valence-electron chi connectivity index (χ2n) is 15.5. The molecule has 3 aliphatic carbocycles. The van der Waals surface area contributed by atoms with Gasteiger partial charge in [0.1, 0.15) is 0 Å². The second-order valence-corrected chi connectivity index (χ2v) is 15.5. The summed E-state index contributed by atoms with van der Waals surface area (Å²) in [7, 11) is 0. The number of azo groups is 1. The Labute approximate surface area is 320 Å². The van der Waals surface area contributed by atoms with Gasteiger partial charge in [0, 0.05) is 56.0 Å². The van der Waals surface area contributed by atoms with Crippen molar-refractivity contribution in [3.63, 3.8) is 0 Å². The number of Topliss-reactive ketones (excluding diaryl/α,β-unsaturated/α-hetero) is 1. The van der Waals surface area contributed by atoms with Gasteiger partial charge in [0.25, 0.3) is 5.91 Å². The van der Waals surface area contributed by atoms with Crippen LogP contribution in [0, 0.1) is 17.8 Å². The van der Waals surface area contributed by atoms with Crippen molar-refractivity contribution in [1.29, 1.82) is 0 Å². The van der Waals surface area contributed by atoms with Gasteiger partial charge in [-0.3, -0.25) is 24.0 Å². The highest BCUT2D eigenvalue weighted by atomic mass is 16.2. The maximum Gasteiger partial charge on any atom is 0.315 e. The lowest BCUT2D eigenvalue weighted by molar-refractivity contribution is -0.134. The van der Waals surface area contributed by atoms with Crippen LogP contribution < -0.4 is 31.9 Å². The number of urea groups is 1. The average molecular weight is 759 g/mol. The highest BCUT2D eigenvalue weighted by molar-refractivity contribution is 6.04. The highest BCUT2D eigenvalue weighted by Crippen LogP contribution is 2.32. The first-order chi connectivity index (χ1) is 25.9. The van der Waals surface area contributed by atoms with E-state index >= 15 is 0 Å². The van der Waals surface area contributed by atoms with Gasteiger partial charge in [0.05, 0.1) is 18.1 Å². The number of hydrogen-bond acceptors (Lipinski definition) is 10. The van der Waals surface area contributed by atoms with Crippen LogP contribution in [0.4, 0.5) is 4.79 Å². The molecular weight excluding hydrogens is 692 g/mol. The Hall–Kier alpha value is -3.66. The molecule has 0 aromatic heterocycles. The minimum absolute atomic E-state index is 0.0541. The largest absolute Gasteiger partial charge is 0.355 e. The Morgan fingerprint density at radius 1 is 0.667 bits per heavy atom. The number of ketones is 1. The van der Waals surface area contributed by atoms with Crippen LogP contribution in [0.5, 0.6) is 0 Å². The first kappa shape index (κ1) is 43.1. The fourth-order valence-electron chi connectivity index (χ4n) is 8.45. The Morgan fingerprint density at radius 2 is 1.22 bits per heavy atom. The van der Waals surface area contributed by atoms with E-state index in [1.54, 1.807) is 0 Å². The quantitative estimate of drug-likeness (QED) is 0.0839. The number of nitrogens with zero attached hydrogens (tertiary/aromatic N) is 4. The van der Waals surface area contributed by atoms with Gasteiger partial charge in [-0.1, -0.05) is 27.7 Å². The molecule has 0 aromatic rings. The molecule has 0 radical (unpaired) electrons. The third kappa shape index (κ3) is 12.7. The maximum atomic E-state index is 13.6. The Kier molecular flexibility index (Phi) is 17.1. The topological polar surface area (TPSA) is 206 Å². The predicted molar refractivity (Wildman–Crippen MR) is 204 cm³/mol. The molecule has 4 rings (SSSR count). The molecule has 6 unspecified atom stereocenters. The summed E-state index contributed by atoms with van der Waals surface area (Å²) in [5.74, 6) is -2.10. The minimum atomic E-state index is -1.24. The van der Waals surface area contributed by atoms with Crippen molar-refractivity contribution >= 4 is 35.4 Å². The summed E-state index contributed by atoms with van der Waals surface area (Å²) in [5.41, 5.74) is 0. The summed E-state index contributed by atoms with van der Waals surface area (Å²) in [5, 5.41) is 26.6. The zero-order chi connectivity index (χ0) is 39.2. The van der Waals surface area contributed by atoms with Crippen LogP contribution >= 0.6 is 0 Å². The molecule has 6 N–H and O–H groups in total. The zero-order valence-corrected chi connectivity index (χ0v) is 33.2. The zero-order valence-electron chi connectivity index (χ0n) is 33.2. The predicted octanol–water partition coefficient (Wildman–Crippen LogP) is 1.49. The standard InChI is InChI=1S/C38H66N10O6/c1-6-47(7-2)18-16-39-34(50)26-20-27(35(51)40-17-19-48(8-3)9-4)22-30(21-26)42-36(52)25-10-12-28(13-11-25)45-46-33(24(5)49)37(53)41-29-14-15-31-32(23-29)44-38(54)43-31/h25-33H,6-23H2,1-5H3,(H,39,50)(H,40,51)(H,41,53)(H,42,52)(H2,43,44,54). The van der Waals surface area contributed by atoms with Gasteiger partial charge in [-0.15, -0.1) is 0 Å². The fraction of sp³-hybridized carbons (Fsp3) is 0.842. The number of rotatable bonds is 19. The lowest BCUT2D eigenvalue weighted by Crippen LogP contribution is -2.50. The molecule has 4 aliphatic rings. The van der Waals surface area contributed by atoms with E-state index in [4.69, 9.17) is 0 Å². The van der Waals surface area contributed by atoms with Crippen LogP contribution in [-0.4, -0.2) is 134 Å². The van der Waals surface area contributed by atoms with Crippen molar-refractivity contribution < 1.29 is 28.8 Å². The van der Waals surface area contributed by atoms with Crippen molar-refractivity contribution in [2.75, 3.05) is 52.4 Å². The highest BCUT2D eigenvalue weighted by Gasteiger charge is 2.40. The molecule has 304 valence electrons. The number of likely N-dealkylation sites (N-methyl/N-ethyl adjacent to an activating group) is 2. The molecule has 3 saturated carbocycles. The molecule has 0 spiro atoms. The summed E-state index contributed by atoms with van der Waals surface area (Å²) in [6.07, 6.45) is 5.76. The van der Waals surface area contributed by atoms with Crippen molar-refractivity contribution in [2.45, 2.75) is 135 Å². The van der Waals surface area contributed by atoms with Crippen LogP contribution in [0.15, 0.2) is 10.2 Å².